The van der Waals surface area contributed by atoms with Crippen LogP contribution in [-0.4, -0.2) is 21.0 Å². The Morgan fingerprint density at radius 3 is 2.50 bits per heavy atom. The van der Waals surface area contributed by atoms with E-state index in [1.165, 1.54) is 11.8 Å². The first-order chi connectivity index (χ1) is 4.56. The molecule has 0 aliphatic rings. The van der Waals surface area contributed by atoms with Crippen LogP contribution in [0.3, 0.4) is 0 Å². The highest BCUT2D eigenvalue weighted by molar-refractivity contribution is 8.04. The highest BCUT2D eigenvalue weighted by atomic mass is 32.2. The minimum atomic E-state index is -3.74. The van der Waals surface area contributed by atoms with Crippen molar-refractivity contribution in [2.75, 3.05) is 11.2 Å². The summed E-state index contributed by atoms with van der Waals surface area (Å²) >= 11 is 1.32. The Morgan fingerprint density at radius 2 is 2.10 bits per heavy atom. The highest BCUT2D eigenvalue weighted by Crippen LogP contribution is 2.38. The second-order valence-electron chi connectivity index (χ2n) is 2.06. The lowest BCUT2D eigenvalue weighted by molar-refractivity contribution is 0.379. The van der Waals surface area contributed by atoms with Crippen molar-refractivity contribution < 1.29 is 14.4 Å². The minimum absolute atomic E-state index is 0.0347. The SMILES string of the molecule is CCCCSCP(=O)(O)O. The van der Waals surface area contributed by atoms with E-state index in [9.17, 15) is 4.57 Å². The van der Waals surface area contributed by atoms with Gasteiger partial charge in [0.1, 0.15) is 0 Å². The third-order valence-corrected chi connectivity index (χ3v) is 3.55. The number of hydrogen-bond acceptors (Lipinski definition) is 2. The monoisotopic (exact) mass is 184 g/mol. The molecule has 0 fully saturated rings. The standard InChI is InChI=1S/C5H13O3PS/c1-2-3-4-10-5-9(6,7)8/h2-5H2,1H3,(H2,6,7,8). The molecule has 0 saturated heterocycles. The Labute approximate surface area is 65.4 Å². The maximum absolute atomic E-state index is 10.3. The molecular weight excluding hydrogens is 171 g/mol. The molecule has 10 heavy (non-hydrogen) atoms. The summed E-state index contributed by atoms with van der Waals surface area (Å²) in [6.45, 7) is 2.05. The zero-order valence-corrected chi connectivity index (χ0v) is 7.70. The van der Waals surface area contributed by atoms with Crippen LogP contribution in [0, 0.1) is 0 Å². The first kappa shape index (κ1) is 10.5. The fourth-order valence-electron chi connectivity index (χ4n) is 0.430. The van der Waals surface area contributed by atoms with E-state index in [1.54, 1.807) is 0 Å². The van der Waals surface area contributed by atoms with Crippen LogP contribution >= 0.6 is 19.4 Å². The minimum Gasteiger partial charge on any atom is -0.324 e. The Kier molecular flexibility index (Phi) is 5.45. The molecule has 0 saturated carbocycles. The summed E-state index contributed by atoms with van der Waals surface area (Å²) in [5.74, 6) is 0.849. The van der Waals surface area contributed by atoms with Gasteiger partial charge in [-0.1, -0.05) is 13.3 Å². The normalized spacial score (nSPS) is 11.9. The molecule has 3 nitrogen and oxygen atoms in total. The quantitative estimate of drug-likeness (QED) is 0.504. The summed E-state index contributed by atoms with van der Waals surface area (Å²) in [7, 11) is -3.74. The van der Waals surface area contributed by atoms with E-state index < -0.39 is 7.60 Å². The van der Waals surface area contributed by atoms with Gasteiger partial charge in [0.15, 0.2) is 0 Å². The first-order valence-corrected chi connectivity index (χ1v) is 6.14. The fourth-order valence-corrected chi connectivity index (χ4v) is 2.39. The van der Waals surface area contributed by atoms with E-state index in [-0.39, 0.29) is 5.49 Å². The number of hydrogen-bond donors (Lipinski definition) is 2. The van der Waals surface area contributed by atoms with Crippen molar-refractivity contribution in [3.63, 3.8) is 0 Å². The second kappa shape index (κ2) is 5.19. The molecule has 0 heterocycles. The molecule has 0 bridgehead atoms. The van der Waals surface area contributed by atoms with Crippen LogP contribution in [0.25, 0.3) is 0 Å². The van der Waals surface area contributed by atoms with Crippen molar-refractivity contribution in [2.45, 2.75) is 19.8 Å². The van der Waals surface area contributed by atoms with Crippen LogP contribution in [0.2, 0.25) is 0 Å². The molecule has 0 aromatic heterocycles. The summed E-state index contributed by atoms with van der Waals surface area (Å²) in [5, 5.41) is 0. The Bertz CT molecular complexity index is 122. The largest absolute Gasteiger partial charge is 0.335 e. The zero-order chi connectivity index (χ0) is 8.04. The van der Waals surface area contributed by atoms with E-state index in [2.05, 4.69) is 6.92 Å². The molecule has 0 atom stereocenters. The molecule has 0 aromatic rings. The van der Waals surface area contributed by atoms with Crippen molar-refractivity contribution in [1.82, 2.24) is 0 Å². The Balaban J connectivity index is 3.13. The fraction of sp³-hybridized carbons (Fsp3) is 1.00. The van der Waals surface area contributed by atoms with Crippen molar-refractivity contribution >= 4 is 19.4 Å². The molecule has 0 rings (SSSR count). The van der Waals surface area contributed by atoms with Gasteiger partial charge in [0.05, 0.1) is 5.49 Å². The van der Waals surface area contributed by atoms with Crippen LogP contribution in [0.15, 0.2) is 0 Å². The predicted octanol–water partition coefficient (Wildman–Crippen LogP) is 1.65. The van der Waals surface area contributed by atoms with Gasteiger partial charge in [-0.25, -0.2) is 0 Å². The average molecular weight is 184 g/mol. The Hall–Kier alpha value is 0.500. The summed E-state index contributed by atoms with van der Waals surface area (Å²) in [6, 6.07) is 0. The Morgan fingerprint density at radius 1 is 1.50 bits per heavy atom. The van der Waals surface area contributed by atoms with Gasteiger partial charge in [-0.15, -0.1) is 11.8 Å². The lowest BCUT2D eigenvalue weighted by Gasteiger charge is -2.01. The number of rotatable bonds is 5. The molecule has 0 spiro atoms. The van der Waals surface area contributed by atoms with Gasteiger partial charge < -0.3 is 9.79 Å². The van der Waals surface area contributed by atoms with Gasteiger partial charge in [-0.3, -0.25) is 4.57 Å². The molecular formula is C5H13O3PS. The smallest absolute Gasteiger partial charge is 0.324 e. The van der Waals surface area contributed by atoms with E-state index in [0.29, 0.717) is 0 Å². The molecule has 0 aliphatic carbocycles. The van der Waals surface area contributed by atoms with Gasteiger partial charge in [-0.2, -0.15) is 0 Å². The van der Waals surface area contributed by atoms with Gasteiger partial charge in [-0.05, 0) is 12.2 Å². The zero-order valence-electron chi connectivity index (χ0n) is 5.99. The van der Waals surface area contributed by atoms with Crippen LogP contribution in [0.4, 0.5) is 0 Å². The third kappa shape index (κ3) is 8.50. The van der Waals surface area contributed by atoms with E-state index in [1.807, 2.05) is 0 Å². The van der Waals surface area contributed by atoms with Crippen LogP contribution in [-0.2, 0) is 4.57 Å². The van der Waals surface area contributed by atoms with Crippen molar-refractivity contribution in [2.24, 2.45) is 0 Å². The highest BCUT2D eigenvalue weighted by Gasteiger charge is 2.11. The summed E-state index contributed by atoms with van der Waals surface area (Å²) in [6.07, 6.45) is 2.11. The maximum Gasteiger partial charge on any atom is 0.335 e. The predicted molar refractivity (Wildman–Crippen MR) is 44.3 cm³/mol. The van der Waals surface area contributed by atoms with Crippen LogP contribution in [0.1, 0.15) is 19.8 Å². The van der Waals surface area contributed by atoms with Crippen LogP contribution in [0.5, 0.6) is 0 Å². The molecule has 0 aliphatic heterocycles. The molecule has 0 aromatic carbocycles. The van der Waals surface area contributed by atoms with E-state index >= 15 is 0 Å². The van der Waals surface area contributed by atoms with Crippen molar-refractivity contribution in [1.29, 1.82) is 0 Å². The summed E-state index contributed by atoms with van der Waals surface area (Å²) in [5.41, 5.74) is -0.0347. The maximum atomic E-state index is 10.3. The average Bonchev–Trinajstić information content (AvgIpc) is 1.78. The van der Waals surface area contributed by atoms with Crippen LogP contribution < -0.4 is 0 Å². The topological polar surface area (TPSA) is 57.5 Å². The van der Waals surface area contributed by atoms with E-state index in [4.69, 9.17) is 9.79 Å². The lowest BCUT2D eigenvalue weighted by atomic mass is 10.4. The lowest BCUT2D eigenvalue weighted by Crippen LogP contribution is -1.84. The summed E-state index contributed by atoms with van der Waals surface area (Å²) in [4.78, 5) is 16.8. The second-order valence-corrected chi connectivity index (χ2v) is 5.23. The van der Waals surface area contributed by atoms with Crippen molar-refractivity contribution in [3.8, 4) is 0 Å². The molecule has 0 amide bonds. The van der Waals surface area contributed by atoms with Gasteiger partial charge in [0, 0.05) is 0 Å². The molecule has 62 valence electrons. The molecule has 0 radical (unpaired) electrons. The van der Waals surface area contributed by atoms with Crippen molar-refractivity contribution in [3.05, 3.63) is 0 Å². The number of unbranched alkanes of at least 4 members (excludes halogenated alkanes) is 1. The molecule has 0 unspecified atom stereocenters. The molecule has 5 heteroatoms. The first-order valence-electron chi connectivity index (χ1n) is 3.18. The number of thioether (sulfide) groups is 1. The third-order valence-electron chi connectivity index (χ3n) is 0.902. The summed E-state index contributed by atoms with van der Waals surface area (Å²) < 4.78 is 10.3. The van der Waals surface area contributed by atoms with E-state index in [0.717, 1.165) is 18.6 Å². The molecule has 2 N–H and O–H groups in total. The van der Waals surface area contributed by atoms with Gasteiger partial charge in [0.2, 0.25) is 0 Å². The van der Waals surface area contributed by atoms with Gasteiger partial charge in [0.25, 0.3) is 0 Å². The van der Waals surface area contributed by atoms with Gasteiger partial charge >= 0.3 is 7.60 Å².